The van der Waals surface area contributed by atoms with Gasteiger partial charge in [0.05, 0.1) is 11.9 Å². The van der Waals surface area contributed by atoms with Crippen LogP contribution in [0.1, 0.15) is 69.3 Å². The van der Waals surface area contributed by atoms with Crippen molar-refractivity contribution >= 4 is 29.2 Å². The number of aromatic nitrogens is 1. The van der Waals surface area contributed by atoms with Crippen molar-refractivity contribution in [3.63, 3.8) is 0 Å². The molecule has 1 saturated heterocycles. The molecule has 0 saturated carbocycles. The van der Waals surface area contributed by atoms with Crippen LogP contribution in [0, 0.1) is 5.41 Å². The number of nitrogens with two attached hydrogens (primary N) is 1. The predicted molar refractivity (Wildman–Crippen MR) is 128 cm³/mol. The minimum Gasteiger partial charge on any atom is -0.437 e. The van der Waals surface area contributed by atoms with Gasteiger partial charge in [0, 0.05) is 23.5 Å². The standard InChI is InChI=1S/C24H33N5O2S/c1-16-9-8-10-17(2)28(16)13-6-3-7-14-29-18-11-4-5-12-20(18)32-21(24(29)30)19-15-27-23(31-19)22(25)26/h4-5,11-12,15-17,21H,3,6-10,13-14H2,1-2H3,(H3,25,26)/t16-,17+,21?. The smallest absolute Gasteiger partial charge is 0.261 e. The van der Waals surface area contributed by atoms with Gasteiger partial charge in [0.2, 0.25) is 5.91 Å². The molecule has 1 unspecified atom stereocenters. The first-order valence-corrected chi connectivity index (χ1v) is 12.5. The van der Waals surface area contributed by atoms with Gasteiger partial charge >= 0.3 is 0 Å². The number of hydrogen-bond acceptors (Lipinski definition) is 6. The van der Waals surface area contributed by atoms with E-state index in [9.17, 15) is 4.79 Å². The molecule has 0 radical (unpaired) electrons. The Labute approximate surface area is 194 Å². The van der Waals surface area contributed by atoms with Crippen LogP contribution < -0.4 is 10.6 Å². The van der Waals surface area contributed by atoms with Crippen molar-refractivity contribution in [2.75, 3.05) is 18.0 Å². The van der Waals surface area contributed by atoms with Crippen LogP contribution in [-0.2, 0) is 4.79 Å². The lowest BCUT2D eigenvalue weighted by molar-refractivity contribution is -0.118. The zero-order chi connectivity index (χ0) is 22.7. The second kappa shape index (κ2) is 10.1. The number of nitrogens with zero attached hydrogens (tertiary/aromatic N) is 3. The van der Waals surface area contributed by atoms with E-state index >= 15 is 0 Å². The number of amides is 1. The van der Waals surface area contributed by atoms with E-state index in [0.29, 0.717) is 24.4 Å². The van der Waals surface area contributed by atoms with Crippen LogP contribution in [0.4, 0.5) is 5.69 Å². The van der Waals surface area contributed by atoms with Gasteiger partial charge in [0.25, 0.3) is 5.89 Å². The molecule has 3 N–H and O–H groups in total. The maximum atomic E-state index is 13.4. The summed E-state index contributed by atoms with van der Waals surface area (Å²) in [5.41, 5.74) is 6.44. The molecule has 1 aromatic heterocycles. The molecule has 4 rings (SSSR count). The Morgan fingerprint density at radius 1 is 1.19 bits per heavy atom. The fourth-order valence-corrected chi connectivity index (χ4v) is 5.98. The van der Waals surface area contributed by atoms with Crippen molar-refractivity contribution in [1.29, 1.82) is 5.41 Å². The Balaban J connectivity index is 1.39. The van der Waals surface area contributed by atoms with Crippen molar-refractivity contribution in [1.82, 2.24) is 9.88 Å². The lowest BCUT2D eigenvalue weighted by atomic mass is 9.97. The highest BCUT2D eigenvalue weighted by Gasteiger charge is 2.36. The summed E-state index contributed by atoms with van der Waals surface area (Å²) in [6, 6.07) is 9.35. The van der Waals surface area contributed by atoms with Gasteiger partial charge in [-0.05, 0) is 58.2 Å². The highest BCUT2D eigenvalue weighted by molar-refractivity contribution is 8.00. The van der Waals surface area contributed by atoms with E-state index in [1.807, 2.05) is 29.2 Å². The molecule has 32 heavy (non-hydrogen) atoms. The molecule has 172 valence electrons. The van der Waals surface area contributed by atoms with Crippen LogP contribution in [0.25, 0.3) is 0 Å². The topological polar surface area (TPSA) is 99.5 Å². The quantitative estimate of drug-likeness (QED) is 0.344. The Morgan fingerprint density at radius 2 is 1.91 bits per heavy atom. The monoisotopic (exact) mass is 455 g/mol. The molecule has 1 fully saturated rings. The second-order valence-electron chi connectivity index (χ2n) is 8.86. The molecule has 2 aliphatic heterocycles. The largest absolute Gasteiger partial charge is 0.437 e. The number of nitrogens with one attached hydrogen (secondary N) is 1. The highest BCUT2D eigenvalue weighted by atomic mass is 32.2. The first-order chi connectivity index (χ1) is 15.5. The number of amidine groups is 1. The molecule has 0 bridgehead atoms. The zero-order valence-electron chi connectivity index (χ0n) is 18.9. The van der Waals surface area contributed by atoms with Crippen molar-refractivity contribution < 1.29 is 9.21 Å². The SMILES string of the molecule is C[C@@H]1CCC[C@H](C)N1CCCCCN1C(=O)C(c2cnc(C(=N)N)o2)Sc2ccccc21. The molecule has 3 heterocycles. The first-order valence-electron chi connectivity index (χ1n) is 11.6. The fraction of sp³-hybridized carbons (Fsp3) is 0.542. The number of fused-ring (bicyclic) bond motifs is 1. The Morgan fingerprint density at radius 3 is 2.62 bits per heavy atom. The summed E-state index contributed by atoms with van der Waals surface area (Å²) in [5.74, 6) is 0.259. The van der Waals surface area contributed by atoms with Crippen LogP contribution in [-0.4, -0.2) is 46.8 Å². The van der Waals surface area contributed by atoms with Gasteiger partial charge in [-0.2, -0.15) is 0 Å². The van der Waals surface area contributed by atoms with Crippen LogP contribution >= 0.6 is 11.8 Å². The normalized spacial score (nSPS) is 23.9. The Hall–Kier alpha value is -2.32. The van der Waals surface area contributed by atoms with Crippen LogP contribution in [0.15, 0.2) is 39.8 Å². The summed E-state index contributed by atoms with van der Waals surface area (Å²) in [6.45, 7) is 6.51. The first kappa shape index (κ1) is 22.9. The molecule has 2 aromatic rings. The van der Waals surface area contributed by atoms with Gasteiger partial charge in [-0.25, -0.2) is 4.98 Å². The second-order valence-corrected chi connectivity index (χ2v) is 10.0. The average molecular weight is 456 g/mol. The van der Waals surface area contributed by atoms with Crippen molar-refractivity contribution in [2.45, 2.75) is 74.6 Å². The van der Waals surface area contributed by atoms with Crippen molar-refractivity contribution in [3.8, 4) is 0 Å². The van der Waals surface area contributed by atoms with Gasteiger partial charge in [0.1, 0.15) is 11.0 Å². The molecule has 1 amide bonds. The summed E-state index contributed by atoms with van der Waals surface area (Å²) in [6.07, 6.45) is 8.66. The van der Waals surface area contributed by atoms with E-state index in [1.165, 1.54) is 37.2 Å². The molecular formula is C24H33N5O2S. The summed E-state index contributed by atoms with van der Waals surface area (Å²) >= 11 is 1.47. The van der Waals surface area contributed by atoms with Gasteiger partial charge < -0.3 is 15.1 Å². The molecule has 3 atom stereocenters. The molecule has 1 aromatic carbocycles. The minimum atomic E-state index is -0.513. The number of nitrogen functional groups attached to an aromatic ring is 1. The predicted octanol–water partition coefficient (Wildman–Crippen LogP) is 4.57. The van der Waals surface area contributed by atoms with Crippen LogP contribution in [0.3, 0.4) is 0 Å². The average Bonchev–Trinajstić information content (AvgIpc) is 3.27. The van der Waals surface area contributed by atoms with E-state index in [1.54, 1.807) is 0 Å². The number of unbranched alkanes of at least 4 members (excludes halogenated alkanes) is 2. The van der Waals surface area contributed by atoms with E-state index in [-0.39, 0.29) is 17.6 Å². The Kier molecular flexibility index (Phi) is 7.20. The number of oxazole rings is 1. The van der Waals surface area contributed by atoms with Gasteiger partial charge in [-0.15, -0.1) is 11.8 Å². The molecular weight excluding hydrogens is 422 g/mol. The lowest BCUT2D eigenvalue weighted by Gasteiger charge is -2.39. The fourth-order valence-electron chi connectivity index (χ4n) is 4.82. The molecule has 0 aliphatic carbocycles. The summed E-state index contributed by atoms with van der Waals surface area (Å²) in [5, 5.41) is 7.00. The zero-order valence-corrected chi connectivity index (χ0v) is 19.7. The number of likely N-dealkylation sites (tertiary alicyclic amines) is 1. The highest BCUT2D eigenvalue weighted by Crippen LogP contribution is 2.46. The Bertz CT molecular complexity index is 951. The third-order valence-corrected chi connectivity index (χ3v) is 7.85. The number of para-hydroxylation sites is 1. The van der Waals surface area contributed by atoms with E-state index in [0.717, 1.165) is 36.4 Å². The molecule has 8 heteroatoms. The van der Waals surface area contributed by atoms with Gasteiger partial charge in [0.15, 0.2) is 5.84 Å². The van der Waals surface area contributed by atoms with E-state index in [2.05, 4.69) is 23.7 Å². The van der Waals surface area contributed by atoms with Crippen LogP contribution in [0.2, 0.25) is 0 Å². The number of thioether (sulfide) groups is 1. The number of hydrogen-bond donors (Lipinski definition) is 2. The number of benzene rings is 1. The van der Waals surface area contributed by atoms with E-state index in [4.69, 9.17) is 15.6 Å². The van der Waals surface area contributed by atoms with Crippen molar-refractivity contribution in [3.05, 3.63) is 42.1 Å². The van der Waals surface area contributed by atoms with Crippen molar-refractivity contribution in [2.24, 2.45) is 5.73 Å². The third kappa shape index (κ3) is 4.86. The summed E-state index contributed by atoms with van der Waals surface area (Å²) in [4.78, 5) is 23.0. The minimum absolute atomic E-state index is 0.00164. The molecule has 2 aliphatic rings. The molecule has 0 spiro atoms. The summed E-state index contributed by atoms with van der Waals surface area (Å²) in [7, 11) is 0. The number of anilines is 1. The lowest BCUT2D eigenvalue weighted by Crippen LogP contribution is -2.44. The number of carbonyl (C=O) groups is 1. The van der Waals surface area contributed by atoms with Gasteiger partial charge in [-0.1, -0.05) is 25.0 Å². The van der Waals surface area contributed by atoms with Gasteiger partial charge in [-0.3, -0.25) is 15.1 Å². The number of piperidine rings is 1. The number of rotatable bonds is 8. The maximum absolute atomic E-state index is 13.4. The van der Waals surface area contributed by atoms with E-state index < -0.39 is 5.25 Å². The van der Waals surface area contributed by atoms with Crippen LogP contribution in [0.5, 0.6) is 0 Å². The third-order valence-electron chi connectivity index (χ3n) is 6.58. The molecule has 7 nitrogen and oxygen atoms in total. The number of carbonyl (C=O) groups excluding carboxylic acids is 1. The maximum Gasteiger partial charge on any atom is 0.261 e. The summed E-state index contributed by atoms with van der Waals surface area (Å²) < 4.78 is 5.61.